The van der Waals surface area contributed by atoms with E-state index < -0.39 is 13.0 Å². The molecule has 0 unspecified atom stereocenters. The van der Waals surface area contributed by atoms with Crippen molar-refractivity contribution in [2.24, 2.45) is 11.3 Å². The predicted octanol–water partition coefficient (Wildman–Crippen LogP) is 4.64. The van der Waals surface area contributed by atoms with Gasteiger partial charge < -0.3 is 4.74 Å². The maximum atomic E-state index is 12.2. The van der Waals surface area contributed by atoms with E-state index in [9.17, 15) is 8.78 Å². The molecule has 1 aliphatic carbocycles. The third-order valence-electron chi connectivity index (χ3n) is 3.88. The average molecular weight is 313 g/mol. The van der Waals surface area contributed by atoms with Crippen molar-refractivity contribution in [2.75, 3.05) is 11.9 Å². The molecule has 4 heteroatoms. The summed E-state index contributed by atoms with van der Waals surface area (Å²) in [5, 5.41) is 0.656. The normalized spacial score (nSPS) is 30.9. The quantitative estimate of drug-likeness (QED) is 0.687. The molecule has 0 heterocycles. The molecule has 1 aliphatic rings. The molecular weight excluding hydrogens is 290 g/mol. The molecule has 0 N–H and O–H groups in total. The second kappa shape index (κ2) is 5.96. The highest BCUT2D eigenvalue weighted by Gasteiger charge is 2.39. The van der Waals surface area contributed by atoms with E-state index in [0.717, 1.165) is 25.7 Å². The van der Waals surface area contributed by atoms with Gasteiger partial charge in [0, 0.05) is 5.33 Å². The Morgan fingerprint density at radius 3 is 2.18 bits per heavy atom. The van der Waals surface area contributed by atoms with Crippen LogP contribution < -0.4 is 0 Å². The molecule has 0 atom stereocenters. The summed E-state index contributed by atoms with van der Waals surface area (Å²) in [4.78, 5) is 0. The summed E-state index contributed by atoms with van der Waals surface area (Å²) in [5.41, 5.74) is -0.0562. The first kappa shape index (κ1) is 15.4. The van der Waals surface area contributed by atoms with E-state index in [0.29, 0.717) is 16.7 Å². The molecule has 0 bridgehead atoms. The van der Waals surface area contributed by atoms with Crippen LogP contribution in [0.4, 0.5) is 8.78 Å². The van der Waals surface area contributed by atoms with Gasteiger partial charge in [-0.3, -0.25) is 0 Å². The summed E-state index contributed by atoms with van der Waals surface area (Å²) in [6, 6.07) is 0. The van der Waals surface area contributed by atoms with Gasteiger partial charge in [0.1, 0.15) is 6.61 Å². The number of rotatable bonds is 4. The number of hydrogen-bond acceptors (Lipinski definition) is 1. The van der Waals surface area contributed by atoms with Crippen molar-refractivity contribution in [3.63, 3.8) is 0 Å². The zero-order chi connectivity index (χ0) is 13.1. The van der Waals surface area contributed by atoms with E-state index in [1.165, 1.54) is 0 Å². The maximum absolute atomic E-state index is 12.2. The molecule has 0 aromatic rings. The van der Waals surface area contributed by atoms with Crippen LogP contribution in [0.15, 0.2) is 0 Å². The summed E-state index contributed by atoms with van der Waals surface area (Å²) in [6.45, 7) is 6.31. The van der Waals surface area contributed by atoms with Crippen molar-refractivity contribution in [2.45, 2.75) is 58.5 Å². The van der Waals surface area contributed by atoms with Gasteiger partial charge in [0.25, 0.3) is 6.43 Å². The molecule has 17 heavy (non-hydrogen) atoms. The molecular formula is C13H23BrF2O. The SMILES string of the molecule is CC(C)(C)C1CCC(CBr)(OCC(F)F)CC1. The van der Waals surface area contributed by atoms with Crippen molar-refractivity contribution in [1.82, 2.24) is 0 Å². The Labute approximate surface area is 111 Å². The van der Waals surface area contributed by atoms with Crippen molar-refractivity contribution in [3.8, 4) is 0 Å². The minimum atomic E-state index is -2.37. The van der Waals surface area contributed by atoms with Crippen LogP contribution in [0.2, 0.25) is 0 Å². The van der Waals surface area contributed by atoms with Gasteiger partial charge in [-0.1, -0.05) is 36.7 Å². The van der Waals surface area contributed by atoms with E-state index in [1.807, 2.05) is 0 Å². The molecule has 1 saturated carbocycles. The largest absolute Gasteiger partial charge is 0.368 e. The molecule has 0 aliphatic heterocycles. The second-order valence-electron chi connectivity index (χ2n) is 6.16. The molecule has 0 aromatic heterocycles. The van der Waals surface area contributed by atoms with Crippen LogP contribution in [0.1, 0.15) is 46.5 Å². The molecule has 0 saturated heterocycles. The molecule has 1 rings (SSSR count). The maximum Gasteiger partial charge on any atom is 0.261 e. The summed E-state index contributed by atoms with van der Waals surface area (Å²) in [7, 11) is 0. The van der Waals surface area contributed by atoms with Crippen LogP contribution in [-0.2, 0) is 4.74 Å². The molecule has 0 amide bonds. The van der Waals surface area contributed by atoms with Crippen LogP contribution in [0.3, 0.4) is 0 Å². The molecule has 102 valence electrons. The van der Waals surface area contributed by atoms with Gasteiger partial charge in [0.05, 0.1) is 5.60 Å². The van der Waals surface area contributed by atoms with Gasteiger partial charge in [-0.2, -0.15) is 0 Å². The third-order valence-corrected chi connectivity index (χ3v) is 4.90. The lowest BCUT2D eigenvalue weighted by molar-refractivity contribution is -0.104. The molecule has 1 nitrogen and oxygen atoms in total. The molecule has 1 fully saturated rings. The van der Waals surface area contributed by atoms with Crippen LogP contribution in [0.25, 0.3) is 0 Å². The number of alkyl halides is 3. The fourth-order valence-corrected chi connectivity index (χ4v) is 3.29. The Morgan fingerprint density at radius 1 is 1.29 bits per heavy atom. The van der Waals surface area contributed by atoms with Crippen molar-refractivity contribution >= 4 is 15.9 Å². The Bertz CT molecular complexity index is 230. The van der Waals surface area contributed by atoms with Gasteiger partial charge in [-0.25, -0.2) is 8.78 Å². The Hall–Kier alpha value is 0.300. The first-order chi connectivity index (χ1) is 7.79. The van der Waals surface area contributed by atoms with E-state index in [2.05, 4.69) is 36.7 Å². The highest BCUT2D eigenvalue weighted by atomic mass is 79.9. The highest BCUT2D eigenvalue weighted by Crippen LogP contribution is 2.43. The van der Waals surface area contributed by atoms with Crippen molar-refractivity contribution < 1.29 is 13.5 Å². The summed E-state index contributed by atoms with van der Waals surface area (Å²) in [6.07, 6.45) is 1.53. The molecule has 0 spiro atoms. The zero-order valence-electron chi connectivity index (χ0n) is 10.9. The van der Waals surface area contributed by atoms with Crippen LogP contribution in [-0.4, -0.2) is 24.0 Å². The van der Waals surface area contributed by atoms with Gasteiger partial charge in [-0.15, -0.1) is 0 Å². The predicted molar refractivity (Wildman–Crippen MR) is 69.9 cm³/mol. The second-order valence-corrected chi connectivity index (χ2v) is 6.72. The third kappa shape index (κ3) is 4.47. The van der Waals surface area contributed by atoms with Gasteiger partial charge in [0.2, 0.25) is 0 Å². The Balaban J connectivity index is 2.51. The van der Waals surface area contributed by atoms with Gasteiger partial charge >= 0.3 is 0 Å². The van der Waals surface area contributed by atoms with Crippen LogP contribution in [0, 0.1) is 11.3 Å². The lowest BCUT2D eigenvalue weighted by atomic mass is 9.69. The summed E-state index contributed by atoms with van der Waals surface area (Å²) >= 11 is 3.42. The van der Waals surface area contributed by atoms with Gasteiger partial charge in [-0.05, 0) is 37.0 Å². The first-order valence-corrected chi connectivity index (χ1v) is 7.39. The van der Waals surface area contributed by atoms with E-state index in [-0.39, 0.29) is 5.60 Å². The van der Waals surface area contributed by atoms with Crippen molar-refractivity contribution in [3.05, 3.63) is 0 Å². The molecule has 0 aromatic carbocycles. The number of hydrogen-bond donors (Lipinski definition) is 0. The van der Waals surface area contributed by atoms with E-state index >= 15 is 0 Å². The monoisotopic (exact) mass is 312 g/mol. The summed E-state index contributed by atoms with van der Waals surface area (Å²) < 4.78 is 29.9. The fraction of sp³-hybridized carbons (Fsp3) is 1.00. The number of ether oxygens (including phenoxy) is 1. The highest BCUT2D eigenvalue weighted by molar-refractivity contribution is 9.09. The van der Waals surface area contributed by atoms with E-state index in [1.54, 1.807) is 0 Å². The van der Waals surface area contributed by atoms with Gasteiger partial charge in [0.15, 0.2) is 0 Å². The lowest BCUT2D eigenvalue weighted by Gasteiger charge is -2.43. The Morgan fingerprint density at radius 2 is 1.82 bits per heavy atom. The average Bonchev–Trinajstić information content (AvgIpc) is 2.26. The fourth-order valence-electron chi connectivity index (χ4n) is 2.57. The van der Waals surface area contributed by atoms with Crippen LogP contribution >= 0.6 is 15.9 Å². The Kier molecular flexibility index (Phi) is 5.39. The zero-order valence-corrected chi connectivity index (χ0v) is 12.5. The van der Waals surface area contributed by atoms with Crippen molar-refractivity contribution in [1.29, 1.82) is 0 Å². The topological polar surface area (TPSA) is 9.23 Å². The molecule has 0 radical (unpaired) electrons. The standard InChI is InChI=1S/C13H23BrF2O/c1-12(2,3)10-4-6-13(9-14,7-5-10)17-8-11(15)16/h10-11H,4-9H2,1-3H3. The minimum absolute atomic E-state index is 0.307. The first-order valence-electron chi connectivity index (χ1n) is 6.27. The lowest BCUT2D eigenvalue weighted by Crippen LogP contribution is -2.42. The smallest absolute Gasteiger partial charge is 0.261 e. The summed E-state index contributed by atoms with van der Waals surface area (Å²) in [5.74, 6) is 0.671. The van der Waals surface area contributed by atoms with Crippen LogP contribution in [0.5, 0.6) is 0 Å². The minimum Gasteiger partial charge on any atom is -0.368 e. The van der Waals surface area contributed by atoms with E-state index in [4.69, 9.17) is 4.74 Å². The number of halogens is 3.